The quantitative estimate of drug-likeness (QED) is 0.849. The third-order valence-corrected chi connectivity index (χ3v) is 5.63. The van der Waals surface area contributed by atoms with Gasteiger partial charge in [-0.2, -0.15) is 11.8 Å². The number of rotatable bonds is 4. The molecule has 116 valence electrons. The molecule has 0 spiro atoms. The zero-order chi connectivity index (χ0) is 14.5. The number of likely N-dealkylation sites (tertiary alicyclic amines) is 1. The van der Waals surface area contributed by atoms with Gasteiger partial charge in [0.15, 0.2) is 0 Å². The number of hydrogen-bond donors (Lipinski definition) is 0. The highest BCUT2D eigenvalue weighted by atomic mass is 32.2. The van der Waals surface area contributed by atoms with E-state index in [4.69, 9.17) is 4.74 Å². The molecule has 2 saturated heterocycles. The van der Waals surface area contributed by atoms with Crippen molar-refractivity contribution < 1.29 is 4.74 Å². The highest BCUT2D eigenvalue weighted by Gasteiger charge is 2.25. The Balaban J connectivity index is 1.46. The number of hydrogen-bond acceptors (Lipinski definition) is 4. The standard InChI is InChI=1S/C17H26N2OS/c1-20-17-4-2-15(3-5-17)14-18-8-6-16(7-9-18)19-10-12-21-13-11-19/h2-5,16H,6-14H2,1H3. The molecular formula is C17H26N2OS. The Bertz CT molecular complexity index is 423. The molecule has 2 heterocycles. The predicted molar refractivity (Wildman–Crippen MR) is 90.2 cm³/mol. The SMILES string of the molecule is COc1ccc(CN2CCC(N3CCSCC3)CC2)cc1. The first kappa shape index (κ1) is 15.2. The molecule has 0 aliphatic carbocycles. The molecule has 3 nitrogen and oxygen atoms in total. The van der Waals surface area contributed by atoms with Crippen LogP contribution in [0.15, 0.2) is 24.3 Å². The Labute approximate surface area is 132 Å². The predicted octanol–water partition coefficient (Wildman–Crippen LogP) is 2.71. The van der Waals surface area contributed by atoms with Crippen molar-refractivity contribution in [3.05, 3.63) is 29.8 Å². The van der Waals surface area contributed by atoms with Gasteiger partial charge in [0.05, 0.1) is 7.11 Å². The molecule has 2 aliphatic rings. The zero-order valence-electron chi connectivity index (χ0n) is 13.0. The highest BCUT2D eigenvalue weighted by molar-refractivity contribution is 7.99. The van der Waals surface area contributed by atoms with E-state index < -0.39 is 0 Å². The van der Waals surface area contributed by atoms with E-state index in [2.05, 4.69) is 45.8 Å². The second kappa shape index (κ2) is 7.52. The minimum Gasteiger partial charge on any atom is -0.497 e. The van der Waals surface area contributed by atoms with E-state index >= 15 is 0 Å². The summed E-state index contributed by atoms with van der Waals surface area (Å²) in [6.07, 6.45) is 2.67. The molecule has 0 amide bonds. The van der Waals surface area contributed by atoms with E-state index in [1.165, 1.54) is 56.1 Å². The first-order valence-corrected chi connectivity index (χ1v) is 9.18. The molecule has 3 rings (SSSR count). The molecule has 2 fully saturated rings. The van der Waals surface area contributed by atoms with Crippen molar-refractivity contribution in [2.24, 2.45) is 0 Å². The summed E-state index contributed by atoms with van der Waals surface area (Å²) in [5, 5.41) is 0. The third kappa shape index (κ3) is 4.15. The molecule has 0 radical (unpaired) electrons. The molecule has 0 aromatic heterocycles. The summed E-state index contributed by atoms with van der Waals surface area (Å²) in [6, 6.07) is 9.33. The smallest absolute Gasteiger partial charge is 0.118 e. The lowest BCUT2D eigenvalue weighted by Crippen LogP contribution is -2.47. The van der Waals surface area contributed by atoms with Crippen LogP contribution in [0.25, 0.3) is 0 Å². The first-order valence-electron chi connectivity index (χ1n) is 8.02. The summed E-state index contributed by atoms with van der Waals surface area (Å²) in [7, 11) is 1.72. The minimum absolute atomic E-state index is 0.831. The van der Waals surface area contributed by atoms with Crippen molar-refractivity contribution in [2.75, 3.05) is 44.8 Å². The summed E-state index contributed by atoms with van der Waals surface area (Å²) >= 11 is 2.11. The average molecular weight is 306 g/mol. The van der Waals surface area contributed by atoms with Crippen LogP contribution in [0.4, 0.5) is 0 Å². The lowest BCUT2D eigenvalue weighted by molar-refractivity contribution is 0.112. The third-order valence-electron chi connectivity index (χ3n) is 4.68. The van der Waals surface area contributed by atoms with E-state index in [0.717, 1.165) is 18.3 Å². The van der Waals surface area contributed by atoms with Gasteiger partial charge in [-0.3, -0.25) is 9.80 Å². The largest absolute Gasteiger partial charge is 0.497 e. The van der Waals surface area contributed by atoms with Crippen molar-refractivity contribution >= 4 is 11.8 Å². The van der Waals surface area contributed by atoms with Gasteiger partial charge >= 0.3 is 0 Å². The first-order chi connectivity index (χ1) is 10.3. The van der Waals surface area contributed by atoms with Gasteiger partial charge in [-0.1, -0.05) is 12.1 Å². The normalized spacial score (nSPS) is 22.3. The van der Waals surface area contributed by atoms with E-state index in [1.54, 1.807) is 7.11 Å². The fraction of sp³-hybridized carbons (Fsp3) is 0.647. The minimum atomic E-state index is 0.831. The zero-order valence-corrected chi connectivity index (χ0v) is 13.8. The van der Waals surface area contributed by atoms with Gasteiger partial charge in [0.2, 0.25) is 0 Å². The number of nitrogens with zero attached hydrogens (tertiary/aromatic N) is 2. The van der Waals surface area contributed by atoms with Gasteiger partial charge in [-0.05, 0) is 43.6 Å². The fourth-order valence-electron chi connectivity index (χ4n) is 3.37. The van der Waals surface area contributed by atoms with E-state index in [1.807, 2.05) is 0 Å². The molecule has 0 bridgehead atoms. The Morgan fingerprint density at radius 1 is 1.05 bits per heavy atom. The van der Waals surface area contributed by atoms with E-state index in [0.29, 0.717) is 0 Å². The highest BCUT2D eigenvalue weighted by Crippen LogP contribution is 2.22. The Kier molecular flexibility index (Phi) is 5.44. The number of methoxy groups -OCH3 is 1. The lowest BCUT2D eigenvalue weighted by atomic mass is 10.0. The van der Waals surface area contributed by atoms with Gasteiger partial charge in [0.25, 0.3) is 0 Å². The maximum absolute atomic E-state index is 5.22. The van der Waals surface area contributed by atoms with Crippen molar-refractivity contribution in [3.63, 3.8) is 0 Å². The summed E-state index contributed by atoms with van der Waals surface area (Å²) in [5.74, 6) is 3.60. The van der Waals surface area contributed by atoms with Crippen molar-refractivity contribution in [1.29, 1.82) is 0 Å². The number of piperidine rings is 1. The molecule has 2 aliphatic heterocycles. The van der Waals surface area contributed by atoms with Gasteiger partial charge in [-0.25, -0.2) is 0 Å². The second-order valence-corrected chi connectivity index (χ2v) is 7.23. The van der Waals surface area contributed by atoms with Gasteiger partial charge in [0.1, 0.15) is 5.75 Å². The van der Waals surface area contributed by atoms with Crippen molar-refractivity contribution in [1.82, 2.24) is 9.80 Å². The number of benzene rings is 1. The molecule has 4 heteroatoms. The Morgan fingerprint density at radius 3 is 2.33 bits per heavy atom. The van der Waals surface area contributed by atoms with Crippen LogP contribution >= 0.6 is 11.8 Å². The van der Waals surface area contributed by atoms with Crippen LogP contribution in [0.2, 0.25) is 0 Å². The molecular weight excluding hydrogens is 280 g/mol. The molecule has 1 aromatic rings. The summed E-state index contributed by atoms with van der Waals surface area (Å²) in [6.45, 7) is 6.15. The van der Waals surface area contributed by atoms with Crippen LogP contribution in [0.5, 0.6) is 5.75 Å². The molecule has 0 atom stereocenters. The summed E-state index contributed by atoms with van der Waals surface area (Å²) < 4.78 is 5.22. The van der Waals surface area contributed by atoms with Crippen LogP contribution in [-0.2, 0) is 6.54 Å². The second-order valence-electron chi connectivity index (χ2n) is 6.00. The van der Waals surface area contributed by atoms with Crippen LogP contribution in [0, 0.1) is 0 Å². The summed E-state index contributed by atoms with van der Waals surface area (Å²) in [5.41, 5.74) is 1.39. The van der Waals surface area contributed by atoms with Crippen LogP contribution in [0.3, 0.4) is 0 Å². The Morgan fingerprint density at radius 2 is 1.71 bits per heavy atom. The monoisotopic (exact) mass is 306 g/mol. The number of ether oxygens (including phenoxy) is 1. The lowest BCUT2D eigenvalue weighted by Gasteiger charge is -2.40. The van der Waals surface area contributed by atoms with Gasteiger partial charge < -0.3 is 4.74 Å². The van der Waals surface area contributed by atoms with Crippen LogP contribution in [0.1, 0.15) is 18.4 Å². The van der Waals surface area contributed by atoms with Crippen molar-refractivity contribution in [3.8, 4) is 5.75 Å². The maximum atomic E-state index is 5.22. The van der Waals surface area contributed by atoms with Crippen LogP contribution in [-0.4, -0.2) is 60.6 Å². The number of thioether (sulfide) groups is 1. The molecule has 1 aromatic carbocycles. The molecule has 0 unspecified atom stereocenters. The topological polar surface area (TPSA) is 15.7 Å². The van der Waals surface area contributed by atoms with Crippen molar-refractivity contribution in [2.45, 2.75) is 25.4 Å². The molecule has 0 saturated carbocycles. The Hall–Kier alpha value is -0.710. The fourth-order valence-corrected chi connectivity index (χ4v) is 4.31. The molecule has 0 N–H and O–H groups in total. The maximum Gasteiger partial charge on any atom is 0.118 e. The van der Waals surface area contributed by atoms with Crippen LogP contribution < -0.4 is 4.74 Å². The molecule has 21 heavy (non-hydrogen) atoms. The summed E-state index contributed by atoms with van der Waals surface area (Å²) in [4.78, 5) is 5.32. The van der Waals surface area contributed by atoms with Gasteiger partial charge in [-0.15, -0.1) is 0 Å². The van der Waals surface area contributed by atoms with Gasteiger partial charge in [0, 0.05) is 37.2 Å². The average Bonchev–Trinajstić information content (AvgIpc) is 2.57. The van der Waals surface area contributed by atoms with E-state index in [9.17, 15) is 0 Å². The van der Waals surface area contributed by atoms with E-state index in [-0.39, 0.29) is 0 Å².